The summed E-state index contributed by atoms with van der Waals surface area (Å²) in [5.41, 5.74) is 2.36. The van der Waals surface area contributed by atoms with Gasteiger partial charge in [0.1, 0.15) is 18.5 Å². The summed E-state index contributed by atoms with van der Waals surface area (Å²) in [6.07, 6.45) is 0.783. The molecule has 1 atom stereocenters. The molecule has 22 heavy (non-hydrogen) atoms. The first kappa shape index (κ1) is 17.3. The van der Waals surface area contributed by atoms with E-state index in [2.05, 4.69) is 29.7 Å². The molecule has 1 aromatic rings. The number of nitrogens with zero attached hydrogens (tertiary/aromatic N) is 2. The smallest absolute Gasteiger partial charge is 0.122 e. The zero-order valence-corrected chi connectivity index (χ0v) is 14.2. The number of aliphatic hydroxyl groups is 1. The maximum Gasteiger partial charge on any atom is 0.122 e. The van der Waals surface area contributed by atoms with Gasteiger partial charge >= 0.3 is 0 Å². The molecule has 1 fully saturated rings. The van der Waals surface area contributed by atoms with Crippen LogP contribution in [0, 0.1) is 13.8 Å². The molecule has 0 saturated carbocycles. The third-order valence-electron chi connectivity index (χ3n) is 4.24. The van der Waals surface area contributed by atoms with E-state index in [0.29, 0.717) is 13.2 Å². The van der Waals surface area contributed by atoms with Gasteiger partial charge in [-0.1, -0.05) is 24.6 Å². The zero-order chi connectivity index (χ0) is 15.9. The van der Waals surface area contributed by atoms with E-state index in [1.54, 1.807) is 0 Å². The van der Waals surface area contributed by atoms with E-state index in [1.807, 2.05) is 19.1 Å². The van der Waals surface area contributed by atoms with Gasteiger partial charge in [0.15, 0.2) is 0 Å². The van der Waals surface area contributed by atoms with Crippen LogP contribution in [0.5, 0.6) is 5.75 Å². The highest BCUT2D eigenvalue weighted by molar-refractivity contribution is 5.35. The van der Waals surface area contributed by atoms with Crippen LogP contribution in [-0.4, -0.2) is 66.9 Å². The van der Waals surface area contributed by atoms with Crippen LogP contribution < -0.4 is 4.74 Å². The summed E-state index contributed by atoms with van der Waals surface area (Å²) in [6, 6.07) is 6.14. The van der Waals surface area contributed by atoms with Crippen LogP contribution in [0.4, 0.5) is 0 Å². The van der Waals surface area contributed by atoms with Gasteiger partial charge < -0.3 is 14.7 Å². The lowest BCUT2D eigenvalue weighted by Crippen LogP contribution is -2.49. The molecule has 1 aliphatic rings. The highest BCUT2D eigenvalue weighted by Gasteiger charge is 2.19. The Labute approximate surface area is 134 Å². The maximum absolute atomic E-state index is 10.2. The van der Waals surface area contributed by atoms with Crippen molar-refractivity contribution in [3.63, 3.8) is 0 Å². The fourth-order valence-electron chi connectivity index (χ4n) is 3.01. The van der Waals surface area contributed by atoms with Gasteiger partial charge in [-0.05, 0) is 38.4 Å². The number of ether oxygens (including phenoxy) is 1. The van der Waals surface area contributed by atoms with E-state index in [4.69, 9.17) is 4.74 Å². The normalized spacial score (nSPS) is 18.4. The second-order valence-corrected chi connectivity index (χ2v) is 6.38. The minimum atomic E-state index is -0.432. The van der Waals surface area contributed by atoms with Crippen LogP contribution >= 0.6 is 0 Å². The number of benzene rings is 1. The molecule has 0 radical (unpaired) electrons. The van der Waals surface area contributed by atoms with Crippen molar-refractivity contribution < 1.29 is 9.84 Å². The van der Waals surface area contributed by atoms with Gasteiger partial charge in [-0.15, -0.1) is 0 Å². The second-order valence-electron chi connectivity index (χ2n) is 6.38. The molecular weight excluding hydrogens is 276 g/mol. The van der Waals surface area contributed by atoms with Gasteiger partial charge in [0.25, 0.3) is 0 Å². The Hall–Kier alpha value is -1.10. The molecule has 0 aliphatic carbocycles. The highest BCUT2D eigenvalue weighted by atomic mass is 16.5. The number of piperazine rings is 1. The molecule has 4 heteroatoms. The largest absolute Gasteiger partial charge is 0.491 e. The van der Waals surface area contributed by atoms with Gasteiger partial charge in [0, 0.05) is 32.7 Å². The average molecular weight is 306 g/mol. The molecule has 124 valence electrons. The number of hydrogen-bond acceptors (Lipinski definition) is 4. The fraction of sp³-hybridized carbons (Fsp3) is 0.667. The van der Waals surface area contributed by atoms with Crippen LogP contribution in [0.25, 0.3) is 0 Å². The molecule has 0 spiro atoms. The fourth-order valence-corrected chi connectivity index (χ4v) is 3.01. The van der Waals surface area contributed by atoms with Gasteiger partial charge in [0.2, 0.25) is 0 Å². The van der Waals surface area contributed by atoms with Gasteiger partial charge in [-0.25, -0.2) is 0 Å². The van der Waals surface area contributed by atoms with Crippen LogP contribution in [0.2, 0.25) is 0 Å². The van der Waals surface area contributed by atoms with Crippen LogP contribution in [0.3, 0.4) is 0 Å². The van der Waals surface area contributed by atoms with Gasteiger partial charge in [-0.2, -0.15) is 0 Å². The molecule has 2 rings (SSSR count). The number of aliphatic hydroxyl groups excluding tert-OH is 1. The van der Waals surface area contributed by atoms with Gasteiger partial charge in [-0.3, -0.25) is 4.90 Å². The highest BCUT2D eigenvalue weighted by Crippen LogP contribution is 2.18. The predicted molar refractivity (Wildman–Crippen MR) is 90.6 cm³/mol. The first-order valence-electron chi connectivity index (χ1n) is 8.41. The second kappa shape index (κ2) is 8.51. The summed E-state index contributed by atoms with van der Waals surface area (Å²) in [7, 11) is 0. The summed E-state index contributed by atoms with van der Waals surface area (Å²) in [6.45, 7) is 12.9. The van der Waals surface area contributed by atoms with E-state index >= 15 is 0 Å². The van der Waals surface area contributed by atoms with Crippen molar-refractivity contribution in [2.24, 2.45) is 0 Å². The lowest BCUT2D eigenvalue weighted by Gasteiger charge is -2.35. The monoisotopic (exact) mass is 306 g/mol. The summed E-state index contributed by atoms with van der Waals surface area (Å²) in [4.78, 5) is 4.83. The van der Waals surface area contributed by atoms with Crippen LogP contribution in [-0.2, 0) is 0 Å². The Morgan fingerprint density at radius 3 is 2.45 bits per heavy atom. The molecule has 0 bridgehead atoms. The number of hydrogen-bond donors (Lipinski definition) is 1. The Morgan fingerprint density at radius 2 is 1.82 bits per heavy atom. The van der Waals surface area contributed by atoms with Crippen LogP contribution in [0.1, 0.15) is 24.5 Å². The third-order valence-corrected chi connectivity index (χ3v) is 4.24. The van der Waals surface area contributed by atoms with E-state index in [-0.39, 0.29) is 0 Å². The van der Waals surface area contributed by atoms with Crippen LogP contribution in [0.15, 0.2) is 18.2 Å². The summed E-state index contributed by atoms with van der Waals surface area (Å²) in [5.74, 6) is 0.873. The van der Waals surface area contributed by atoms with Crippen molar-refractivity contribution >= 4 is 0 Å². The summed E-state index contributed by atoms with van der Waals surface area (Å²) in [5, 5.41) is 10.2. The van der Waals surface area contributed by atoms with E-state index in [1.165, 1.54) is 18.5 Å². The molecule has 1 N–H and O–H groups in total. The number of β-amino-alcohol motifs (C(OH)–C–C–N with tert-alkyl or cyclic N) is 1. The molecule has 0 unspecified atom stereocenters. The Kier molecular flexibility index (Phi) is 6.68. The molecular formula is C18H30N2O2. The number of aryl methyl sites for hydroxylation is 2. The molecule has 1 aliphatic heterocycles. The lowest BCUT2D eigenvalue weighted by atomic mass is 10.1. The Bertz CT molecular complexity index is 456. The van der Waals surface area contributed by atoms with E-state index in [9.17, 15) is 5.11 Å². The Morgan fingerprint density at radius 1 is 1.14 bits per heavy atom. The van der Waals surface area contributed by atoms with Gasteiger partial charge in [0.05, 0.1) is 0 Å². The van der Waals surface area contributed by atoms with Crippen molar-refractivity contribution in [2.75, 3.05) is 45.9 Å². The Balaban J connectivity index is 1.71. The van der Waals surface area contributed by atoms with Crippen molar-refractivity contribution in [2.45, 2.75) is 33.3 Å². The maximum atomic E-state index is 10.2. The van der Waals surface area contributed by atoms with Crippen molar-refractivity contribution in [3.8, 4) is 5.75 Å². The molecule has 0 aromatic heterocycles. The zero-order valence-electron chi connectivity index (χ0n) is 14.2. The van der Waals surface area contributed by atoms with E-state index < -0.39 is 6.10 Å². The van der Waals surface area contributed by atoms with Crippen molar-refractivity contribution in [1.82, 2.24) is 9.80 Å². The third kappa shape index (κ3) is 5.27. The molecule has 1 saturated heterocycles. The standard InChI is InChI=1S/C18H30N2O2/c1-4-7-19-8-10-20(11-9-19)13-17(21)14-22-18-6-5-15(2)12-16(18)3/h5-6,12,17,21H,4,7-11,13-14H2,1-3H3/t17-/m1/s1. The lowest BCUT2D eigenvalue weighted by molar-refractivity contribution is 0.0460. The summed E-state index contributed by atoms with van der Waals surface area (Å²) >= 11 is 0. The van der Waals surface area contributed by atoms with E-state index in [0.717, 1.165) is 37.5 Å². The SMILES string of the molecule is CCCN1CCN(C[C@@H](O)COc2ccc(C)cc2C)CC1. The molecule has 0 amide bonds. The average Bonchev–Trinajstić information content (AvgIpc) is 2.49. The minimum Gasteiger partial charge on any atom is -0.491 e. The first-order chi connectivity index (χ1) is 10.6. The quantitative estimate of drug-likeness (QED) is 0.836. The van der Waals surface area contributed by atoms with Crippen molar-refractivity contribution in [1.29, 1.82) is 0 Å². The van der Waals surface area contributed by atoms with Crippen molar-refractivity contribution in [3.05, 3.63) is 29.3 Å². The molecule has 1 aromatic carbocycles. The first-order valence-corrected chi connectivity index (χ1v) is 8.41. The molecule has 4 nitrogen and oxygen atoms in total. The topological polar surface area (TPSA) is 35.9 Å². The minimum absolute atomic E-state index is 0.360. The number of rotatable bonds is 7. The predicted octanol–water partition coefficient (Wildman–Crippen LogP) is 2.07. The molecule has 1 heterocycles. The summed E-state index contributed by atoms with van der Waals surface area (Å²) < 4.78 is 5.77.